The van der Waals surface area contributed by atoms with Gasteiger partial charge in [0.2, 0.25) is 5.91 Å². The van der Waals surface area contributed by atoms with Crippen molar-refractivity contribution in [3.8, 4) is 0 Å². The average Bonchev–Trinajstić information content (AvgIpc) is 2.89. The van der Waals surface area contributed by atoms with Crippen LogP contribution in [0.4, 0.5) is 5.69 Å². The van der Waals surface area contributed by atoms with Gasteiger partial charge in [0.05, 0.1) is 19.0 Å². The second-order valence-electron chi connectivity index (χ2n) is 3.93. The molecule has 0 spiro atoms. The first-order valence-corrected chi connectivity index (χ1v) is 7.16. The van der Waals surface area contributed by atoms with Crippen LogP contribution in [0, 0.1) is 0 Å². The molecule has 0 atom stereocenters. The van der Waals surface area contributed by atoms with E-state index in [1.54, 1.807) is 11.8 Å². The number of nitrogens with one attached hydrogen (secondary N) is 1. The van der Waals surface area contributed by atoms with Gasteiger partial charge in [0, 0.05) is 12.1 Å². The maximum Gasteiger partial charge on any atom is 0.234 e. The van der Waals surface area contributed by atoms with Crippen LogP contribution in [-0.2, 0) is 14.3 Å². The second-order valence-corrected chi connectivity index (χ2v) is 5.03. The molecule has 0 aromatic heterocycles. The van der Waals surface area contributed by atoms with Crippen LogP contribution in [0.2, 0.25) is 0 Å². The Morgan fingerprint density at radius 1 is 1.28 bits per heavy atom. The topological polar surface area (TPSA) is 47.6 Å². The minimum Gasteiger partial charge on any atom is -0.350 e. The highest BCUT2D eigenvalue weighted by Gasteiger charge is 2.15. The SMILES string of the molecule is O=C(CSCCC1OCCO1)Nc1ccccc1. The molecule has 98 valence electrons. The summed E-state index contributed by atoms with van der Waals surface area (Å²) >= 11 is 1.60. The Kier molecular flexibility index (Phi) is 5.51. The van der Waals surface area contributed by atoms with Crippen LogP contribution in [-0.4, -0.2) is 36.9 Å². The molecule has 18 heavy (non-hydrogen) atoms. The summed E-state index contributed by atoms with van der Waals surface area (Å²) in [4.78, 5) is 11.6. The molecule has 0 radical (unpaired) electrons. The number of hydrogen-bond acceptors (Lipinski definition) is 4. The summed E-state index contributed by atoms with van der Waals surface area (Å²) in [5.41, 5.74) is 0.838. The van der Waals surface area contributed by atoms with E-state index < -0.39 is 0 Å². The van der Waals surface area contributed by atoms with Gasteiger partial charge >= 0.3 is 0 Å². The van der Waals surface area contributed by atoms with Crippen molar-refractivity contribution in [3.05, 3.63) is 30.3 Å². The van der Waals surface area contributed by atoms with Gasteiger partial charge < -0.3 is 14.8 Å². The van der Waals surface area contributed by atoms with Gasteiger partial charge in [-0.05, 0) is 17.9 Å². The summed E-state index contributed by atoms with van der Waals surface area (Å²) in [5.74, 6) is 1.36. The van der Waals surface area contributed by atoms with Crippen LogP contribution < -0.4 is 5.32 Å². The van der Waals surface area contributed by atoms with Crippen molar-refractivity contribution >= 4 is 23.4 Å². The summed E-state index contributed by atoms with van der Waals surface area (Å²) in [6.07, 6.45) is 0.762. The van der Waals surface area contributed by atoms with Gasteiger partial charge in [-0.1, -0.05) is 18.2 Å². The van der Waals surface area contributed by atoms with E-state index in [-0.39, 0.29) is 12.2 Å². The first kappa shape index (κ1) is 13.4. The highest BCUT2D eigenvalue weighted by molar-refractivity contribution is 7.99. The van der Waals surface area contributed by atoms with E-state index >= 15 is 0 Å². The number of amides is 1. The predicted octanol–water partition coefficient (Wildman–Crippen LogP) is 2.12. The van der Waals surface area contributed by atoms with E-state index in [0.29, 0.717) is 19.0 Å². The monoisotopic (exact) mass is 267 g/mol. The lowest BCUT2D eigenvalue weighted by Crippen LogP contribution is -2.15. The summed E-state index contributed by atoms with van der Waals surface area (Å²) in [6.45, 7) is 1.37. The van der Waals surface area contributed by atoms with E-state index in [0.717, 1.165) is 17.9 Å². The molecule has 1 aromatic rings. The van der Waals surface area contributed by atoms with Gasteiger partial charge in [-0.25, -0.2) is 0 Å². The molecular formula is C13H17NO3S. The van der Waals surface area contributed by atoms with Gasteiger partial charge in [0.15, 0.2) is 6.29 Å². The van der Waals surface area contributed by atoms with E-state index in [9.17, 15) is 4.79 Å². The number of para-hydroxylation sites is 1. The first-order valence-electron chi connectivity index (χ1n) is 6.00. The van der Waals surface area contributed by atoms with Crippen molar-refractivity contribution in [1.29, 1.82) is 0 Å². The Hall–Kier alpha value is -1.04. The normalized spacial score (nSPS) is 15.8. The van der Waals surface area contributed by atoms with Crippen LogP contribution in [0.15, 0.2) is 30.3 Å². The number of carbonyl (C=O) groups excluding carboxylic acids is 1. The molecule has 1 aromatic carbocycles. The number of ether oxygens (including phenoxy) is 2. The largest absolute Gasteiger partial charge is 0.350 e. The smallest absolute Gasteiger partial charge is 0.234 e. The highest BCUT2D eigenvalue weighted by Crippen LogP contribution is 2.13. The minimum absolute atomic E-state index is 0.0273. The predicted molar refractivity (Wildman–Crippen MR) is 72.7 cm³/mol. The van der Waals surface area contributed by atoms with Gasteiger partial charge in [0.1, 0.15) is 0 Å². The third kappa shape index (κ3) is 4.68. The number of benzene rings is 1. The maximum atomic E-state index is 11.6. The Balaban J connectivity index is 1.57. The molecule has 2 rings (SSSR count). The molecule has 1 aliphatic rings. The van der Waals surface area contributed by atoms with E-state index in [1.807, 2.05) is 30.3 Å². The van der Waals surface area contributed by atoms with Crippen LogP contribution in [0.3, 0.4) is 0 Å². The Bertz CT molecular complexity index is 366. The maximum absolute atomic E-state index is 11.6. The van der Waals surface area contributed by atoms with Crippen molar-refractivity contribution in [2.45, 2.75) is 12.7 Å². The average molecular weight is 267 g/mol. The quantitative estimate of drug-likeness (QED) is 0.802. The third-order valence-electron chi connectivity index (χ3n) is 2.48. The summed E-state index contributed by atoms with van der Waals surface area (Å²) in [6, 6.07) is 9.48. The fourth-order valence-corrected chi connectivity index (χ4v) is 2.40. The van der Waals surface area contributed by atoms with E-state index in [4.69, 9.17) is 9.47 Å². The minimum atomic E-state index is -0.0744. The Morgan fingerprint density at radius 3 is 2.72 bits per heavy atom. The second kappa shape index (κ2) is 7.41. The number of anilines is 1. The molecule has 1 fully saturated rings. The van der Waals surface area contributed by atoms with Crippen LogP contribution in [0.1, 0.15) is 6.42 Å². The van der Waals surface area contributed by atoms with Gasteiger partial charge in [-0.15, -0.1) is 0 Å². The first-order chi connectivity index (χ1) is 8.84. The third-order valence-corrected chi connectivity index (χ3v) is 3.47. The Morgan fingerprint density at radius 2 is 2.00 bits per heavy atom. The number of rotatable bonds is 6. The summed E-state index contributed by atoms with van der Waals surface area (Å²) in [7, 11) is 0. The standard InChI is InChI=1S/C13H17NO3S/c15-12(14-11-4-2-1-3-5-11)10-18-9-6-13-16-7-8-17-13/h1-5,13H,6-10H2,(H,14,15). The lowest BCUT2D eigenvalue weighted by molar-refractivity contribution is -0.113. The zero-order chi connectivity index (χ0) is 12.6. The van der Waals surface area contributed by atoms with E-state index in [1.165, 1.54) is 0 Å². The van der Waals surface area contributed by atoms with Crippen molar-refractivity contribution in [3.63, 3.8) is 0 Å². The molecule has 0 unspecified atom stereocenters. The van der Waals surface area contributed by atoms with Crippen molar-refractivity contribution in [2.24, 2.45) is 0 Å². The summed E-state index contributed by atoms with van der Waals surface area (Å²) < 4.78 is 10.6. The number of hydrogen-bond donors (Lipinski definition) is 1. The van der Waals surface area contributed by atoms with E-state index in [2.05, 4.69) is 5.32 Å². The Labute approximate surface area is 111 Å². The number of carbonyl (C=O) groups is 1. The van der Waals surface area contributed by atoms with Crippen LogP contribution in [0.25, 0.3) is 0 Å². The lowest BCUT2D eigenvalue weighted by atomic mass is 10.3. The molecule has 1 aliphatic heterocycles. The van der Waals surface area contributed by atoms with Gasteiger partial charge in [-0.3, -0.25) is 4.79 Å². The molecule has 0 aliphatic carbocycles. The number of thioether (sulfide) groups is 1. The zero-order valence-electron chi connectivity index (χ0n) is 10.1. The molecule has 0 bridgehead atoms. The fourth-order valence-electron chi connectivity index (χ4n) is 1.64. The molecule has 4 nitrogen and oxygen atoms in total. The summed E-state index contributed by atoms with van der Waals surface area (Å²) in [5, 5.41) is 2.85. The fraction of sp³-hybridized carbons (Fsp3) is 0.462. The molecule has 1 saturated heterocycles. The molecule has 0 saturated carbocycles. The van der Waals surface area contributed by atoms with Gasteiger partial charge in [-0.2, -0.15) is 11.8 Å². The van der Waals surface area contributed by atoms with Crippen molar-refractivity contribution < 1.29 is 14.3 Å². The van der Waals surface area contributed by atoms with Crippen LogP contribution in [0.5, 0.6) is 0 Å². The lowest BCUT2D eigenvalue weighted by Gasteiger charge is -2.08. The molecular weight excluding hydrogens is 250 g/mol. The zero-order valence-corrected chi connectivity index (χ0v) is 10.9. The molecule has 1 amide bonds. The molecule has 1 heterocycles. The molecule has 5 heteroatoms. The highest BCUT2D eigenvalue weighted by atomic mass is 32.2. The van der Waals surface area contributed by atoms with Gasteiger partial charge in [0.25, 0.3) is 0 Å². The van der Waals surface area contributed by atoms with Crippen LogP contribution >= 0.6 is 11.8 Å². The van der Waals surface area contributed by atoms with Crippen molar-refractivity contribution in [1.82, 2.24) is 0 Å². The molecule has 1 N–H and O–H groups in total. The van der Waals surface area contributed by atoms with Crippen molar-refractivity contribution in [2.75, 3.05) is 30.0 Å².